The molecule has 3 aromatic carbocycles. The molecule has 6 nitrogen and oxygen atoms in total. The zero-order valence-corrected chi connectivity index (χ0v) is 22.3. The molecule has 0 aliphatic carbocycles. The Balaban J connectivity index is 2.82. The maximum absolute atomic E-state index is 9.70. The minimum absolute atomic E-state index is 0.128. The number of halogens is 6. The first kappa shape index (κ1) is 28.0. The Morgan fingerprint density at radius 1 is 0.541 bits per heavy atom. The van der Waals surface area contributed by atoms with Crippen molar-refractivity contribution in [3.05, 3.63) is 99.3 Å². The van der Waals surface area contributed by atoms with Gasteiger partial charge in [0.1, 0.15) is 0 Å². The van der Waals surface area contributed by atoms with Crippen LogP contribution in [-0.4, -0.2) is 6.71 Å². The van der Waals surface area contributed by atoms with Crippen molar-refractivity contribution in [2.24, 2.45) is 0 Å². The first-order valence-corrected chi connectivity index (χ1v) is 11.8. The summed E-state index contributed by atoms with van der Waals surface area (Å²) in [5, 5.41) is 28.1. The van der Waals surface area contributed by atoms with Gasteiger partial charge in [-0.05, 0) is 34.6 Å². The molecule has 0 radical (unpaired) electrons. The van der Waals surface area contributed by atoms with E-state index < -0.39 is 6.71 Å². The van der Waals surface area contributed by atoms with E-state index in [1.807, 2.05) is 18.2 Å². The molecule has 174 valence electrons. The summed E-state index contributed by atoms with van der Waals surface area (Å²) in [4.78, 5) is 10.4. The zero-order chi connectivity index (χ0) is 27.6. The minimum atomic E-state index is -1.48. The topological polar surface area (TPSA) is 84.5 Å². The molecule has 0 atom stereocenters. The summed E-state index contributed by atoms with van der Waals surface area (Å²) < 4.78 is 0. The van der Waals surface area contributed by atoms with Crippen molar-refractivity contribution < 1.29 is 0 Å². The van der Waals surface area contributed by atoms with E-state index in [9.17, 15) is 15.8 Å². The minimum Gasteiger partial charge on any atom is -0.237 e. The molecule has 0 spiro atoms. The summed E-state index contributed by atoms with van der Waals surface area (Å²) in [6, 6.07) is 9.15. The first-order valence-electron chi connectivity index (χ1n) is 9.49. The molecular formula is C24H3BCl6N6. The molecule has 0 unspecified atom stereocenters. The smallest absolute Gasteiger partial charge is 0.215 e. The van der Waals surface area contributed by atoms with Crippen molar-refractivity contribution in [2.45, 2.75) is 0 Å². The van der Waals surface area contributed by atoms with Crippen LogP contribution < -0.4 is 16.4 Å². The SMILES string of the molecule is [C-]#[N+]c1c(C#N)cc(Cl)c(Cl)c1B(c1c(Cl)c(Cl)cc(C#N)c1[N+]#[C-])c1c(Cl)c(Cl)cc(C#N)c1[N+]#[C-]. The Morgan fingerprint density at radius 2 is 0.784 bits per heavy atom. The van der Waals surface area contributed by atoms with E-state index in [4.69, 9.17) is 89.3 Å². The number of benzene rings is 3. The molecular weight excluding hydrogens is 596 g/mol. The molecule has 0 fully saturated rings. The van der Waals surface area contributed by atoms with E-state index in [1.54, 1.807) is 0 Å². The highest BCUT2D eigenvalue weighted by Gasteiger charge is 2.38. The van der Waals surface area contributed by atoms with Gasteiger partial charge in [0.2, 0.25) is 23.8 Å². The summed E-state index contributed by atoms with van der Waals surface area (Å²) in [7, 11) is 0. The van der Waals surface area contributed by atoms with Gasteiger partial charge >= 0.3 is 0 Å². The van der Waals surface area contributed by atoms with E-state index in [0.29, 0.717) is 0 Å². The van der Waals surface area contributed by atoms with Crippen LogP contribution in [0.5, 0.6) is 0 Å². The number of hydrogen-bond acceptors (Lipinski definition) is 3. The van der Waals surface area contributed by atoms with Gasteiger partial charge in [-0.1, -0.05) is 69.6 Å². The summed E-state index contributed by atoms with van der Waals surface area (Å²) >= 11 is 38.8. The molecule has 0 aliphatic heterocycles. The fourth-order valence-corrected chi connectivity index (χ4v) is 5.14. The second kappa shape index (κ2) is 11.2. The van der Waals surface area contributed by atoms with Crippen molar-refractivity contribution in [3.8, 4) is 18.2 Å². The van der Waals surface area contributed by atoms with Gasteiger partial charge in [0.05, 0.1) is 69.7 Å². The third kappa shape index (κ3) is 4.63. The van der Waals surface area contributed by atoms with Crippen LogP contribution in [-0.2, 0) is 0 Å². The average Bonchev–Trinajstić information content (AvgIpc) is 2.89. The molecule has 0 saturated carbocycles. The normalized spacial score (nSPS) is 9.73. The molecule has 0 aliphatic rings. The van der Waals surface area contributed by atoms with Crippen LogP contribution >= 0.6 is 69.6 Å². The lowest BCUT2D eigenvalue weighted by atomic mass is 9.35. The van der Waals surface area contributed by atoms with Crippen molar-refractivity contribution in [1.82, 2.24) is 0 Å². The van der Waals surface area contributed by atoms with E-state index in [0.717, 1.165) is 0 Å². The monoisotopic (exact) mass is 596 g/mol. The predicted molar refractivity (Wildman–Crippen MR) is 147 cm³/mol. The van der Waals surface area contributed by atoms with Crippen LogP contribution in [0.2, 0.25) is 30.1 Å². The van der Waals surface area contributed by atoms with Gasteiger partial charge in [0.25, 0.3) is 0 Å². The van der Waals surface area contributed by atoms with Crippen molar-refractivity contribution in [2.75, 3.05) is 0 Å². The second-order valence-electron chi connectivity index (χ2n) is 7.05. The molecule has 13 heteroatoms. The van der Waals surface area contributed by atoms with Gasteiger partial charge in [-0.15, -0.1) is 0 Å². The Kier molecular flexibility index (Phi) is 8.48. The van der Waals surface area contributed by atoms with Crippen LogP contribution in [0, 0.1) is 53.7 Å². The maximum Gasteiger partial charge on any atom is 0.215 e. The molecule has 0 N–H and O–H groups in total. The van der Waals surface area contributed by atoms with Gasteiger partial charge in [-0.2, -0.15) is 15.8 Å². The zero-order valence-electron chi connectivity index (χ0n) is 17.8. The van der Waals surface area contributed by atoms with Gasteiger partial charge in [-0.3, -0.25) is 0 Å². The van der Waals surface area contributed by atoms with Crippen LogP contribution in [0.1, 0.15) is 16.7 Å². The van der Waals surface area contributed by atoms with Gasteiger partial charge in [0, 0.05) is 15.1 Å². The fourth-order valence-electron chi connectivity index (χ4n) is 3.75. The standard InChI is InChI=1S/C24H3BCl6N6/c1-35-22-10(7-32)4-13(26)19(29)16(22)25(17-20(30)14(27)5-11(8-33)23(17)36-2)18-21(31)15(28)6-12(9-34)24(18)37-3/h4-6H. The molecule has 0 saturated heterocycles. The summed E-state index contributed by atoms with van der Waals surface area (Å²) in [6.07, 6.45) is 0. The molecule has 0 bridgehead atoms. The second-order valence-corrected chi connectivity index (χ2v) is 9.41. The number of hydrogen-bond donors (Lipinski definition) is 0. The maximum atomic E-state index is 9.70. The highest BCUT2D eigenvalue weighted by Crippen LogP contribution is 2.37. The molecule has 0 aromatic heterocycles. The summed E-state index contributed by atoms with van der Waals surface area (Å²) in [5.41, 5.74) is -1.78. The third-order valence-electron chi connectivity index (χ3n) is 5.25. The lowest BCUT2D eigenvalue weighted by molar-refractivity contribution is 1.49. The highest BCUT2D eigenvalue weighted by molar-refractivity contribution is 7.01. The van der Waals surface area contributed by atoms with E-state index in [2.05, 4.69) is 14.5 Å². The number of nitrogens with zero attached hydrogens (tertiary/aromatic N) is 6. The Hall–Kier alpha value is -3.60. The molecule has 3 rings (SSSR count). The summed E-state index contributed by atoms with van der Waals surface area (Å²) in [5.74, 6) is 0. The molecule has 3 aromatic rings. The van der Waals surface area contributed by atoms with Crippen LogP contribution in [0.4, 0.5) is 17.1 Å². The fraction of sp³-hybridized carbons (Fsp3) is 0. The Morgan fingerprint density at radius 3 is 0.973 bits per heavy atom. The van der Waals surface area contributed by atoms with Gasteiger partial charge < -0.3 is 0 Å². The van der Waals surface area contributed by atoms with Gasteiger partial charge in [-0.25, -0.2) is 14.5 Å². The predicted octanol–water partition coefficient (Wildman–Crippen LogP) is 7.39. The molecule has 0 heterocycles. The van der Waals surface area contributed by atoms with Crippen LogP contribution in [0.3, 0.4) is 0 Å². The third-order valence-corrected chi connectivity index (χ3v) is 7.65. The first-order chi connectivity index (χ1) is 17.6. The van der Waals surface area contributed by atoms with E-state index in [1.165, 1.54) is 18.2 Å². The quantitative estimate of drug-likeness (QED) is 0.233. The lowest BCUT2D eigenvalue weighted by Crippen LogP contribution is -2.54. The van der Waals surface area contributed by atoms with Crippen LogP contribution in [0.15, 0.2) is 18.2 Å². The Bertz CT molecular complexity index is 1570. The summed E-state index contributed by atoms with van der Waals surface area (Å²) in [6.45, 7) is 21.9. The Labute approximate surface area is 241 Å². The molecule has 0 amide bonds. The average molecular weight is 599 g/mol. The lowest BCUT2D eigenvalue weighted by Gasteiger charge is -2.25. The van der Waals surface area contributed by atoms with Crippen molar-refractivity contribution >= 4 is 110 Å². The van der Waals surface area contributed by atoms with Gasteiger partial charge in [0.15, 0.2) is 0 Å². The van der Waals surface area contributed by atoms with Crippen molar-refractivity contribution in [1.29, 1.82) is 15.8 Å². The van der Waals surface area contributed by atoms with E-state index in [-0.39, 0.29) is 80.3 Å². The number of rotatable bonds is 3. The largest absolute Gasteiger partial charge is 0.237 e. The van der Waals surface area contributed by atoms with Crippen molar-refractivity contribution in [3.63, 3.8) is 0 Å². The number of nitriles is 3. The van der Waals surface area contributed by atoms with Crippen LogP contribution in [0.25, 0.3) is 14.5 Å². The highest BCUT2D eigenvalue weighted by atomic mass is 35.5. The van der Waals surface area contributed by atoms with E-state index >= 15 is 0 Å². The molecule has 37 heavy (non-hydrogen) atoms.